The highest BCUT2D eigenvalue weighted by atomic mass is 35.5. The Morgan fingerprint density at radius 3 is 2.71 bits per heavy atom. The average molecular weight is 305 g/mol. The Labute approximate surface area is 129 Å². The smallest absolute Gasteiger partial charge is 0.147 e. The number of hydrogen-bond acceptors (Lipinski definition) is 2. The first-order valence-electron chi connectivity index (χ1n) is 7.19. The Morgan fingerprint density at radius 1 is 1.14 bits per heavy atom. The van der Waals surface area contributed by atoms with Gasteiger partial charge in [-0.1, -0.05) is 48.0 Å². The molecule has 0 aliphatic carbocycles. The number of nitrogens with zero attached hydrogens (tertiary/aromatic N) is 1. The Morgan fingerprint density at radius 2 is 1.95 bits per heavy atom. The summed E-state index contributed by atoms with van der Waals surface area (Å²) in [6, 6.07) is 15.4. The van der Waals surface area contributed by atoms with E-state index >= 15 is 0 Å². The largest absolute Gasteiger partial charge is 0.377 e. The van der Waals surface area contributed by atoms with Crippen LogP contribution in [0.3, 0.4) is 0 Å². The van der Waals surface area contributed by atoms with E-state index in [0.717, 1.165) is 26.1 Å². The van der Waals surface area contributed by atoms with Gasteiger partial charge in [-0.2, -0.15) is 0 Å². The van der Waals surface area contributed by atoms with Crippen molar-refractivity contribution in [3.05, 3.63) is 64.9 Å². The van der Waals surface area contributed by atoms with Crippen molar-refractivity contribution in [3.8, 4) is 0 Å². The third-order valence-electron chi connectivity index (χ3n) is 3.83. The highest BCUT2D eigenvalue weighted by Gasteiger charge is 2.23. The molecule has 1 aliphatic rings. The molecule has 1 N–H and O–H groups in total. The van der Waals surface area contributed by atoms with E-state index in [9.17, 15) is 4.39 Å². The average Bonchev–Trinajstić information content (AvgIpc) is 2.91. The lowest BCUT2D eigenvalue weighted by molar-refractivity contribution is 0.328. The van der Waals surface area contributed by atoms with Gasteiger partial charge in [0.05, 0.1) is 10.7 Å². The molecule has 1 aliphatic heterocycles. The van der Waals surface area contributed by atoms with Crippen LogP contribution >= 0.6 is 11.6 Å². The van der Waals surface area contributed by atoms with Crippen molar-refractivity contribution in [1.29, 1.82) is 0 Å². The van der Waals surface area contributed by atoms with E-state index in [0.29, 0.717) is 10.7 Å². The maximum atomic E-state index is 13.8. The lowest BCUT2D eigenvalue weighted by Gasteiger charge is -2.18. The second kappa shape index (κ2) is 6.46. The van der Waals surface area contributed by atoms with Gasteiger partial charge in [0.15, 0.2) is 0 Å². The number of anilines is 1. The van der Waals surface area contributed by atoms with Crippen LogP contribution in [0.5, 0.6) is 0 Å². The number of hydrogen-bond donors (Lipinski definition) is 1. The third kappa shape index (κ3) is 3.55. The quantitative estimate of drug-likeness (QED) is 0.912. The van der Waals surface area contributed by atoms with Gasteiger partial charge in [0, 0.05) is 25.7 Å². The molecule has 2 aromatic rings. The summed E-state index contributed by atoms with van der Waals surface area (Å²) in [5, 5.41) is 3.69. The zero-order chi connectivity index (χ0) is 14.7. The highest BCUT2D eigenvalue weighted by Crippen LogP contribution is 2.27. The number of halogens is 2. The summed E-state index contributed by atoms with van der Waals surface area (Å²) in [6.45, 7) is 2.85. The molecule has 0 aromatic heterocycles. The highest BCUT2D eigenvalue weighted by molar-refractivity contribution is 6.33. The molecule has 1 saturated heterocycles. The standard InChI is InChI=1S/C17H18ClFN2/c18-15-7-4-8-16(19)17(15)20-14-9-10-21(12-14)11-13-5-2-1-3-6-13/h1-8,14,20H,9-12H2. The van der Waals surface area contributed by atoms with Crippen LogP contribution in [-0.2, 0) is 6.54 Å². The fourth-order valence-corrected chi connectivity index (χ4v) is 2.99. The van der Waals surface area contributed by atoms with E-state index < -0.39 is 0 Å². The Balaban J connectivity index is 1.60. The molecule has 0 radical (unpaired) electrons. The van der Waals surface area contributed by atoms with E-state index in [1.165, 1.54) is 11.6 Å². The van der Waals surface area contributed by atoms with Crippen LogP contribution < -0.4 is 5.32 Å². The zero-order valence-corrected chi connectivity index (χ0v) is 12.5. The molecule has 1 atom stereocenters. The maximum absolute atomic E-state index is 13.8. The molecule has 1 fully saturated rings. The van der Waals surface area contributed by atoms with Crippen LogP contribution in [0, 0.1) is 5.82 Å². The van der Waals surface area contributed by atoms with E-state index in [-0.39, 0.29) is 11.9 Å². The molecule has 1 unspecified atom stereocenters. The fourth-order valence-electron chi connectivity index (χ4n) is 2.78. The maximum Gasteiger partial charge on any atom is 0.147 e. The predicted octanol–water partition coefficient (Wildman–Crippen LogP) is 4.17. The van der Waals surface area contributed by atoms with Gasteiger partial charge in [0.2, 0.25) is 0 Å². The Bertz CT molecular complexity index is 583. The lowest BCUT2D eigenvalue weighted by atomic mass is 10.2. The van der Waals surface area contributed by atoms with E-state index in [2.05, 4.69) is 34.5 Å². The van der Waals surface area contributed by atoms with Gasteiger partial charge >= 0.3 is 0 Å². The van der Waals surface area contributed by atoms with Crippen LogP contribution in [0.2, 0.25) is 5.02 Å². The van der Waals surface area contributed by atoms with Gasteiger partial charge in [-0.25, -0.2) is 4.39 Å². The fraction of sp³-hybridized carbons (Fsp3) is 0.294. The molecular weight excluding hydrogens is 287 g/mol. The van der Waals surface area contributed by atoms with Crippen molar-refractivity contribution < 1.29 is 4.39 Å². The van der Waals surface area contributed by atoms with Crippen molar-refractivity contribution in [2.45, 2.75) is 19.0 Å². The van der Waals surface area contributed by atoms with E-state index in [4.69, 9.17) is 11.6 Å². The van der Waals surface area contributed by atoms with Crippen LogP contribution in [0.4, 0.5) is 10.1 Å². The molecule has 1 heterocycles. The topological polar surface area (TPSA) is 15.3 Å². The molecular formula is C17H18ClFN2. The molecule has 2 nitrogen and oxygen atoms in total. The molecule has 0 bridgehead atoms. The normalized spacial score (nSPS) is 18.9. The summed E-state index contributed by atoms with van der Waals surface area (Å²) in [5.74, 6) is -0.288. The number of para-hydroxylation sites is 1. The first kappa shape index (κ1) is 14.4. The van der Waals surface area contributed by atoms with Crippen LogP contribution in [0.15, 0.2) is 48.5 Å². The Kier molecular flexibility index (Phi) is 4.42. The molecule has 0 saturated carbocycles. The van der Waals surface area contributed by atoms with Crippen LogP contribution in [0.25, 0.3) is 0 Å². The van der Waals surface area contributed by atoms with Crippen molar-refractivity contribution >= 4 is 17.3 Å². The van der Waals surface area contributed by atoms with Crippen LogP contribution in [0.1, 0.15) is 12.0 Å². The number of likely N-dealkylation sites (tertiary alicyclic amines) is 1. The molecule has 21 heavy (non-hydrogen) atoms. The molecule has 0 spiro atoms. The predicted molar refractivity (Wildman–Crippen MR) is 85.2 cm³/mol. The van der Waals surface area contributed by atoms with Crippen molar-refractivity contribution in [3.63, 3.8) is 0 Å². The monoisotopic (exact) mass is 304 g/mol. The van der Waals surface area contributed by atoms with Gasteiger partial charge in [-0.3, -0.25) is 4.90 Å². The second-order valence-electron chi connectivity index (χ2n) is 5.45. The Hall–Kier alpha value is -1.58. The van der Waals surface area contributed by atoms with Gasteiger partial charge in [0.1, 0.15) is 5.82 Å². The van der Waals surface area contributed by atoms with Gasteiger partial charge in [0.25, 0.3) is 0 Å². The summed E-state index contributed by atoms with van der Waals surface area (Å²) >= 11 is 6.06. The lowest BCUT2D eigenvalue weighted by Crippen LogP contribution is -2.26. The first-order chi connectivity index (χ1) is 10.2. The number of nitrogens with one attached hydrogen (secondary N) is 1. The minimum Gasteiger partial charge on any atom is -0.377 e. The van der Waals surface area contributed by atoms with Gasteiger partial charge in [-0.05, 0) is 24.1 Å². The summed E-state index contributed by atoms with van der Waals surface area (Å²) < 4.78 is 13.8. The van der Waals surface area contributed by atoms with E-state index in [1.54, 1.807) is 12.1 Å². The van der Waals surface area contributed by atoms with Gasteiger partial charge in [-0.15, -0.1) is 0 Å². The summed E-state index contributed by atoms with van der Waals surface area (Å²) in [6.07, 6.45) is 0.998. The zero-order valence-electron chi connectivity index (χ0n) is 11.7. The van der Waals surface area contributed by atoms with Crippen molar-refractivity contribution in [2.75, 3.05) is 18.4 Å². The number of rotatable bonds is 4. The minimum absolute atomic E-state index is 0.239. The first-order valence-corrected chi connectivity index (χ1v) is 7.57. The summed E-state index contributed by atoms with van der Waals surface area (Å²) in [5.41, 5.74) is 1.73. The number of benzene rings is 2. The van der Waals surface area contributed by atoms with Crippen molar-refractivity contribution in [1.82, 2.24) is 4.90 Å². The molecule has 110 valence electrons. The SMILES string of the molecule is Fc1cccc(Cl)c1NC1CCN(Cc2ccccc2)C1. The second-order valence-corrected chi connectivity index (χ2v) is 5.85. The molecule has 0 amide bonds. The third-order valence-corrected chi connectivity index (χ3v) is 4.15. The molecule has 3 rings (SSSR count). The minimum atomic E-state index is -0.288. The van der Waals surface area contributed by atoms with Crippen molar-refractivity contribution in [2.24, 2.45) is 0 Å². The van der Waals surface area contributed by atoms with Gasteiger partial charge < -0.3 is 5.32 Å². The van der Waals surface area contributed by atoms with Crippen LogP contribution in [-0.4, -0.2) is 24.0 Å². The summed E-state index contributed by atoms with van der Waals surface area (Å²) in [4.78, 5) is 2.38. The summed E-state index contributed by atoms with van der Waals surface area (Å²) in [7, 11) is 0. The van der Waals surface area contributed by atoms with E-state index in [1.807, 2.05) is 6.07 Å². The molecule has 4 heteroatoms. The molecule has 2 aromatic carbocycles.